The smallest absolute Gasteiger partial charge is 0.253 e. The maximum absolute atomic E-state index is 13.9. The van der Waals surface area contributed by atoms with Gasteiger partial charge in [0.2, 0.25) is 5.88 Å². The third kappa shape index (κ3) is 4.11. The number of aromatic nitrogens is 4. The fourth-order valence-electron chi connectivity index (χ4n) is 3.39. The number of halogens is 1. The van der Waals surface area contributed by atoms with E-state index in [1.165, 1.54) is 23.0 Å². The van der Waals surface area contributed by atoms with Gasteiger partial charge in [-0.1, -0.05) is 12.5 Å². The van der Waals surface area contributed by atoms with E-state index in [1.54, 1.807) is 31.3 Å². The molecule has 0 amide bonds. The highest BCUT2D eigenvalue weighted by Crippen LogP contribution is 2.32. The summed E-state index contributed by atoms with van der Waals surface area (Å²) in [6.45, 7) is 0. The maximum Gasteiger partial charge on any atom is 0.253 e. The molecule has 1 N–H and O–H groups in total. The molecule has 150 valence electrons. The quantitative estimate of drug-likeness (QED) is 0.728. The summed E-state index contributed by atoms with van der Waals surface area (Å²) in [5, 5.41) is 18.6. The van der Waals surface area contributed by atoms with Crippen LogP contribution in [0, 0.1) is 0 Å². The number of rotatable bonds is 4. The Morgan fingerprint density at radius 2 is 1.93 bits per heavy atom. The van der Waals surface area contributed by atoms with Crippen molar-refractivity contribution >= 4 is 0 Å². The number of alkyl halides is 1. The molecular formula is C21H21FN4O3. The van der Waals surface area contributed by atoms with Crippen LogP contribution in [0.4, 0.5) is 4.39 Å². The van der Waals surface area contributed by atoms with Gasteiger partial charge in [-0.15, -0.1) is 10.2 Å². The normalized spacial score (nSPS) is 19.1. The van der Waals surface area contributed by atoms with Crippen LogP contribution in [0.15, 0.2) is 47.5 Å². The minimum atomic E-state index is -0.981. The van der Waals surface area contributed by atoms with E-state index in [0.29, 0.717) is 35.4 Å². The van der Waals surface area contributed by atoms with E-state index in [9.17, 15) is 14.3 Å². The molecule has 0 saturated heterocycles. The number of ether oxygens (including phenoxy) is 1. The highest BCUT2D eigenvalue weighted by Gasteiger charge is 2.26. The van der Waals surface area contributed by atoms with E-state index in [2.05, 4.69) is 15.2 Å². The van der Waals surface area contributed by atoms with Gasteiger partial charge in [-0.2, -0.15) is 0 Å². The predicted octanol–water partition coefficient (Wildman–Crippen LogP) is 3.27. The molecule has 1 aliphatic rings. The molecule has 0 aliphatic heterocycles. The molecule has 1 aromatic carbocycles. The van der Waals surface area contributed by atoms with E-state index < -0.39 is 12.3 Å². The molecule has 8 heteroatoms. The number of nitrogens with zero attached hydrogens (tertiary/aromatic N) is 4. The largest absolute Gasteiger partial charge is 0.507 e. The average Bonchev–Trinajstić information content (AvgIpc) is 2.72. The molecule has 2 heterocycles. The number of hydrogen-bond acceptors (Lipinski definition) is 6. The lowest BCUT2D eigenvalue weighted by Gasteiger charge is -2.25. The van der Waals surface area contributed by atoms with Gasteiger partial charge in [0.15, 0.2) is 0 Å². The molecule has 3 aromatic rings. The van der Waals surface area contributed by atoms with Gasteiger partial charge in [0, 0.05) is 30.3 Å². The Labute approximate surface area is 166 Å². The molecule has 0 spiro atoms. The SMILES string of the molecule is Cn1cnc(-c2ccc(-c3ccc(O[C@H]4CCCC[C@H]4F)nn3)c(O)c2)cc1=O. The summed E-state index contributed by atoms with van der Waals surface area (Å²) in [6.07, 6.45) is 2.98. The molecule has 0 radical (unpaired) electrons. The molecule has 4 rings (SSSR count). The highest BCUT2D eigenvalue weighted by atomic mass is 19.1. The molecule has 7 nitrogen and oxygen atoms in total. The molecule has 0 bridgehead atoms. The first-order chi connectivity index (χ1) is 14.0. The fourth-order valence-corrected chi connectivity index (χ4v) is 3.39. The van der Waals surface area contributed by atoms with Crippen molar-refractivity contribution in [2.75, 3.05) is 0 Å². The number of hydrogen-bond donors (Lipinski definition) is 1. The summed E-state index contributed by atoms with van der Waals surface area (Å²) in [5.41, 5.74) is 1.84. The topological polar surface area (TPSA) is 90.1 Å². The van der Waals surface area contributed by atoms with Crippen LogP contribution >= 0.6 is 0 Å². The Morgan fingerprint density at radius 3 is 2.62 bits per heavy atom. The van der Waals surface area contributed by atoms with Gasteiger partial charge in [-0.3, -0.25) is 4.79 Å². The first-order valence-corrected chi connectivity index (χ1v) is 9.52. The van der Waals surface area contributed by atoms with Gasteiger partial charge in [0.05, 0.1) is 17.7 Å². The predicted molar refractivity (Wildman–Crippen MR) is 105 cm³/mol. The van der Waals surface area contributed by atoms with Crippen LogP contribution in [0.3, 0.4) is 0 Å². The van der Waals surface area contributed by atoms with E-state index in [-0.39, 0.29) is 17.2 Å². The van der Waals surface area contributed by atoms with Gasteiger partial charge in [0.25, 0.3) is 5.56 Å². The second kappa shape index (κ2) is 7.98. The van der Waals surface area contributed by atoms with Crippen molar-refractivity contribution in [3.8, 4) is 34.1 Å². The van der Waals surface area contributed by atoms with Gasteiger partial charge >= 0.3 is 0 Å². The van der Waals surface area contributed by atoms with Gasteiger partial charge in [-0.25, -0.2) is 9.37 Å². The van der Waals surface area contributed by atoms with Crippen LogP contribution in [0.1, 0.15) is 25.7 Å². The van der Waals surface area contributed by atoms with Crippen molar-refractivity contribution in [3.63, 3.8) is 0 Å². The molecule has 2 aromatic heterocycles. The standard InChI is InChI=1S/C21H21FN4O3/c1-26-12-23-17(11-21(26)28)13-6-7-14(18(27)10-13)16-8-9-20(25-24-16)29-19-5-3-2-4-15(19)22/h6-12,15,19,27H,2-5H2,1H3/t15-,19+/m1/s1. The minimum Gasteiger partial charge on any atom is -0.507 e. The summed E-state index contributed by atoms with van der Waals surface area (Å²) in [4.78, 5) is 16.0. The third-order valence-electron chi connectivity index (χ3n) is 5.08. The maximum atomic E-state index is 13.9. The third-order valence-corrected chi connectivity index (χ3v) is 5.08. The van der Waals surface area contributed by atoms with Crippen molar-refractivity contribution in [2.24, 2.45) is 7.05 Å². The van der Waals surface area contributed by atoms with Gasteiger partial charge in [-0.05, 0) is 37.5 Å². The van der Waals surface area contributed by atoms with Crippen LogP contribution < -0.4 is 10.3 Å². The van der Waals surface area contributed by atoms with Crippen LogP contribution in [0.2, 0.25) is 0 Å². The number of benzene rings is 1. The lowest BCUT2D eigenvalue weighted by atomic mass is 9.96. The minimum absolute atomic E-state index is 0.0101. The molecule has 2 atom stereocenters. The van der Waals surface area contributed by atoms with Crippen LogP contribution in [-0.2, 0) is 7.05 Å². The zero-order chi connectivity index (χ0) is 20.4. The van der Waals surface area contributed by atoms with Crippen molar-refractivity contribution in [1.82, 2.24) is 19.7 Å². The average molecular weight is 396 g/mol. The monoisotopic (exact) mass is 396 g/mol. The molecule has 29 heavy (non-hydrogen) atoms. The molecule has 1 aliphatic carbocycles. The summed E-state index contributed by atoms with van der Waals surface area (Å²) >= 11 is 0. The van der Waals surface area contributed by atoms with Crippen molar-refractivity contribution in [2.45, 2.75) is 38.0 Å². The zero-order valence-electron chi connectivity index (χ0n) is 16.0. The zero-order valence-corrected chi connectivity index (χ0v) is 16.0. The summed E-state index contributed by atoms with van der Waals surface area (Å²) in [5.74, 6) is 0.257. The van der Waals surface area contributed by atoms with Crippen molar-refractivity contribution in [1.29, 1.82) is 0 Å². The van der Waals surface area contributed by atoms with E-state index in [1.807, 2.05) is 0 Å². The number of phenols is 1. The Morgan fingerprint density at radius 1 is 1.10 bits per heavy atom. The van der Waals surface area contributed by atoms with Gasteiger partial charge < -0.3 is 14.4 Å². The molecule has 0 unspecified atom stereocenters. The Kier molecular flexibility index (Phi) is 5.24. The number of aryl methyl sites for hydroxylation is 1. The molecule has 1 fully saturated rings. The first kappa shape index (κ1) is 19.0. The van der Waals surface area contributed by atoms with Crippen LogP contribution in [0.25, 0.3) is 22.5 Å². The lowest BCUT2D eigenvalue weighted by molar-refractivity contribution is 0.0594. The molecular weight excluding hydrogens is 375 g/mol. The van der Waals surface area contributed by atoms with Crippen LogP contribution in [-0.4, -0.2) is 37.1 Å². The second-order valence-corrected chi connectivity index (χ2v) is 7.17. The summed E-state index contributed by atoms with van der Waals surface area (Å²) in [7, 11) is 1.62. The van der Waals surface area contributed by atoms with E-state index in [0.717, 1.165) is 12.8 Å². The van der Waals surface area contributed by atoms with E-state index >= 15 is 0 Å². The van der Waals surface area contributed by atoms with Crippen molar-refractivity contribution in [3.05, 3.63) is 53.1 Å². The van der Waals surface area contributed by atoms with Crippen LogP contribution in [0.5, 0.6) is 11.6 Å². The Hall–Kier alpha value is -3.29. The fraction of sp³-hybridized carbons (Fsp3) is 0.333. The highest BCUT2D eigenvalue weighted by molar-refractivity contribution is 5.72. The second-order valence-electron chi connectivity index (χ2n) is 7.17. The summed E-state index contributed by atoms with van der Waals surface area (Å²) in [6, 6.07) is 9.66. The summed E-state index contributed by atoms with van der Waals surface area (Å²) < 4.78 is 20.9. The number of phenolic OH excluding ortho intramolecular Hbond substituents is 1. The Balaban J connectivity index is 1.53. The first-order valence-electron chi connectivity index (χ1n) is 9.52. The number of aromatic hydroxyl groups is 1. The van der Waals surface area contributed by atoms with Crippen molar-refractivity contribution < 1.29 is 14.2 Å². The van der Waals surface area contributed by atoms with E-state index in [4.69, 9.17) is 4.74 Å². The Bertz CT molecular complexity index is 1070. The van der Waals surface area contributed by atoms with Gasteiger partial charge in [0.1, 0.15) is 18.0 Å². The molecule has 1 saturated carbocycles. The lowest BCUT2D eigenvalue weighted by Crippen LogP contribution is -2.32.